The van der Waals surface area contributed by atoms with Crippen LogP contribution in [-0.4, -0.2) is 67.7 Å². The molecule has 0 radical (unpaired) electrons. The molecule has 0 aliphatic carbocycles. The Balaban J connectivity index is 1.57. The summed E-state index contributed by atoms with van der Waals surface area (Å²) >= 11 is 0. The molecule has 1 N–H and O–H groups in total. The molecule has 4 rings (SSSR count). The molecule has 34 heavy (non-hydrogen) atoms. The molecule has 182 valence electrons. The van der Waals surface area contributed by atoms with Crippen molar-refractivity contribution in [1.29, 1.82) is 0 Å². The third-order valence-electron chi connectivity index (χ3n) is 6.12. The van der Waals surface area contributed by atoms with E-state index in [9.17, 15) is 9.59 Å². The van der Waals surface area contributed by atoms with Gasteiger partial charge < -0.3 is 29.3 Å². The molecule has 1 saturated heterocycles. The van der Waals surface area contributed by atoms with Crippen LogP contribution in [0.3, 0.4) is 0 Å². The number of urea groups is 1. The normalized spacial score (nSPS) is 17.0. The SMILES string of the molecule is CC(=O)O[C@H](c1ccc2c(c1)OCCO2)[C@@H](CN1CCCC1)NC(=O)N(C)Cc1ccccc1. The maximum atomic E-state index is 13.2. The smallest absolute Gasteiger partial charge is 0.317 e. The zero-order valence-electron chi connectivity index (χ0n) is 19.9. The topological polar surface area (TPSA) is 80.3 Å². The molecule has 0 bridgehead atoms. The Hall–Kier alpha value is -3.26. The average Bonchev–Trinajstić information content (AvgIpc) is 3.35. The van der Waals surface area contributed by atoms with Gasteiger partial charge in [-0.05, 0) is 49.2 Å². The number of nitrogens with zero attached hydrogens (tertiary/aromatic N) is 2. The van der Waals surface area contributed by atoms with Crippen LogP contribution in [0.2, 0.25) is 0 Å². The van der Waals surface area contributed by atoms with Crippen molar-refractivity contribution in [2.75, 3.05) is 39.9 Å². The molecule has 2 atom stereocenters. The predicted octanol–water partition coefficient (Wildman–Crippen LogP) is 3.37. The molecule has 2 aromatic carbocycles. The molecule has 2 heterocycles. The lowest BCUT2D eigenvalue weighted by Gasteiger charge is -2.33. The number of carbonyl (C=O) groups excluding carboxylic acids is 2. The number of esters is 1. The van der Waals surface area contributed by atoms with Crippen LogP contribution in [0.5, 0.6) is 11.5 Å². The van der Waals surface area contributed by atoms with Crippen molar-refractivity contribution in [3.05, 3.63) is 59.7 Å². The van der Waals surface area contributed by atoms with Crippen molar-refractivity contribution in [2.45, 2.75) is 38.5 Å². The fourth-order valence-electron chi connectivity index (χ4n) is 4.46. The third kappa shape index (κ3) is 6.20. The van der Waals surface area contributed by atoms with Gasteiger partial charge in [-0.3, -0.25) is 4.79 Å². The van der Waals surface area contributed by atoms with E-state index in [1.54, 1.807) is 11.9 Å². The Labute approximate surface area is 200 Å². The number of amides is 2. The maximum Gasteiger partial charge on any atom is 0.317 e. The Morgan fingerprint density at radius 1 is 1.06 bits per heavy atom. The quantitative estimate of drug-likeness (QED) is 0.600. The first-order valence-electron chi connectivity index (χ1n) is 11.8. The van der Waals surface area contributed by atoms with Crippen LogP contribution in [0.25, 0.3) is 0 Å². The molecule has 2 aromatic rings. The number of carbonyl (C=O) groups is 2. The van der Waals surface area contributed by atoms with E-state index < -0.39 is 18.1 Å². The van der Waals surface area contributed by atoms with E-state index in [1.165, 1.54) is 6.92 Å². The second kappa shape index (κ2) is 11.2. The lowest BCUT2D eigenvalue weighted by atomic mass is 10.0. The first kappa shape index (κ1) is 23.9. The zero-order valence-corrected chi connectivity index (χ0v) is 19.9. The lowest BCUT2D eigenvalue weighted by molar-refractivity contribution is -0.148. The second-order valence-corrected chi connectivity index (χ2v) is 8.84. The Morgan fingerprint density at radius 2 is 1.76 bits per heavy atom. The van der Waals surface area contributed by atoms with E-state index in [0.717, 1.165) is 37.1 Å². The van der Waals surface area contributed by atoms with Crippen LogP contribution in [0.15, 0.2) is 48.5 Å². The minimum atomic E-state index is -0.664. The molecule has 0 saturated carbocycles. The highest BCUT2D eigenvalue weighted by Gasteiger charge is 2.32. The summed E-state index contributed by atoms with van der Waals surface area (Å²) in [6, 6.07) is 14.7. The van der Waals surface area contributed by atoms with E-state index >= 15 is 0 Å². The van der Waals surface area contributed by atoms with Crippen molar-refractivity contribution >= 4 is 12.0 Å². The number of ether oxygens (including phenoxy) is 3. The molecule has 8 heteroatoms. The van der Waals surface area contributed by atoms with Gasteiger partial charge >= 0.3 is 12.0 Å². The highest BCUT2D eigenvalue weighted by Crippen LogP contribution is 2.35. The van der Waals surface area contributed by atoms with Gasteiger partial charge in [-0.15, -0.1) is 0 Å². The highest BCUT2D eigenvalue weighted by molar-refractivity contribution is 5.74. The van der Waals surface area contributed by atoms with Gasteiger partial charge in [0.1, 0.15) is 19.3 Å². The first-order valence-corrected chi connectivity index (χ1v) is 11.8. The summed E-state index contributed by atoms with van der Waals surface area (Å²) in [7, 11) is 1.76. The summed E-state index contributed by atoms with van der Waals surface area (Å²) in [5.74, 6) is 0.880. The van der Waals surface area contributed by atoms with Crippen LogP contribution in [0.4, 0.5) is 4.79 Å². The molecule has 0 spiro atoms. The standard InChI is InChI=1S/C26H33N3O5/c1-19(30)34-25(21-10-11-23-24(16-21)33-15-14-32-23)22(18-29-12-6-7-13-29)27-26(31)28(2)17-20-8-4-3-5-9-20/h3-5,8-11,16,22,25H,6-7,12-15,17-18H2,1-2H3,(H,27,31)/t22-,25-/m1/s1. The number of nitrogens with one attached hydrogen (secondary N) is 1. The summed E-state index contributed by atoms with van der Waals surface area (Å²) < 4.78 is 17.2. The number of benzene rings is 2. The third-order valence-corrected chi connectivity index (χ3v) is 6.12. The summed E-state index contributed by atoms with van der Waals surface area (Å²) in [5.41, 5.74) is 1.80. The van der Waals surface area contributed by atoms with Gasteiger partial charge in [-0.2, -0.15) is 0 Å². The van der Waals surface area contributed by atoms with Gasteiger partial charge in [0.15, 0.2) is 11.5 Å². The van der Waals surface area contributed by atoms with Gasteiger partial charge in [-0.1, -0.05) is 36.4 Å². The van der Waals surface area contributed by atoms with Gasteiger partial charge in [0.05, 0.1) is 6.04 Å². The van der Waals surface area contributed by atoms with E-state index in [1.807, 2.05) is 48.5 Å². The number of hydrogen-bond acceptors (Lipinski definition) is 6. The summed E-state index contributed by atoms with van der Waals surface area (Å²) in [5, 5.41) is 3.14. The van der Waals surface area contributed by atoms with Crippen LogP contribution in [-0.2, 0) is 16.1 Å². The van der Waals surface area contributed by atoms with Crippen molar-refractivity contribution < 1.29 is 23.8 Å². The van der Waals surface area contributed by atoms with Crippen LogP contribution < -0.4 is 14.8 Å². The molecular formula is C26H33N3O5. The van der Waals surface area contributed by atoms with Crippen molar-refractivity contribution in [2.24, 2.45) is 0 Å². The van der Waals surface area contributed by atoms with Gasteiger partial charge in [-0.25, -0.2) is 4.79 Å². The molecule has 8 nitrogen and oxygen atoms in total. The molecule has 2 amide bonds. The van der Waals surface area contributed by atoms with Gasteiger partial charge in [0, 0.05) is 27.1 Å². The molecule has 0 aromatic heterocycles. The van der Waals surface area contributed by atoms with Crippen LogP contribution in [0, 0.1) is 0 Å². The van der Waals surface area contributed by atoms with Crippen molar-refractivity contribution in [3.8, 4) is 11.5 Å². The summed E-state index contributed by atoms with van der Waals surface area (Å²) in [6.45, 7) is 5.33. The van der Waals surface area contributed by atoms with Crippen molar-refractivity contribution in [1.82, 2.24) is 15.1 Å². The largest absolute Gasteiger partial charge is 0.486 e. The van der Waals surface area contributed by atoms with E-state index in [-0.39, 0.29) is 6.03 Å². The van der Waals surface area contributed by atoms with Gasteiger partial charge in [0.25, 0.3) is 0 Å². The zero-order chi connectivity index (χ0) is 23.9. The number of hydrogen-bond donors (Lipinski definition) is 1. The number of rotatable bonds is 8. The number of fused-ring (bicyclic) bond motifs is 1. The second-order valence-electron chi connectivity index (χ2n) is 8.84. The fraction of sp³-hybridized carbons (Fsp3) is 0.462. The van der Waals surface area contributed by atoms with E-state index in [2.05, 4.69) is 10.2 Å². The molecule has 2 aliphatic rings. The molecular weight excluding hydrogens is 434 g/mol. The van der Waals surface area contributed by atoms with Crippen LogP contribution in [0.1, 0.15) is 37.0 Å². The monoisotopic (exact) mass is 467 g/mol. The summed E-state index contributed by atoms with van der Waals surface area (Å²) in [4.78, 5) is 29.2. The maximum absolute atomic E-state index is 13.2. The van der Waals surface area contributed by atoms with Crippen LogP contribution >= 0.6 is 0 Å². The Kier molecular flexibility index (Phi) is 7.90. The lowest BCUT2D eigenvalue weighted by Crippen LogP contribution is -2.51. The Bertz CT molecular complexity index is 978. The average molecular weight is 468 g/mol. The highest BCUT2D eigenvalue weighted by atomic mass is 16.6. The molecule has 0 unspecified atom stereocenters. The minimum Gasteiger partial charge on any atom is -0.486 e. The predicted molar refractivity (Wildman–Crippen MR) is 128 cm³/mol. The fourth-order valence-corrected chi connectivity index (χ4v) is 4.46. The number of likely N-dealkylation sites (tertiary alicyclic amines) is 1. The molecule has 2 aliphatic heterocycles. The first-order chi connectivity index (χ1) is 16.5. The summed E-state index contributed by atoms with van der Waals surface area (Å²) in [6.07, 6.45) is 1.58. The minimum absolute atomic E-state index is 0.220. The van der Waals surface area contributed by atoms with E-state index in [0.29, 0.717) is 37.8 Å². The van der Waals surface area contributed by atoms with E-state index in [4.69, 9.17) is 14.2 Å². The Morgan fingerprint density at radius 3 is 2.47 bits per heavy atom. The van der Waals surface area contributed by atoms with Gasteiger partial charge in [0.2, 0.25) is 0 Å². The van der Waals surface area contributed by atoms with Crippen molar-refractivity contribution in [3.63, 3.8) is 0 Å². The molecule has 1 fully saturated rings.